The molecule has 1 aliphatic carbocycles. The highest BCUT2D eigenvalue weighted by Gasteiger charge is 2.28. The molecule has 2 atom stereocenters. The van der Waals surface area contributed by atoms with Crippen molar-refractivity contribution in [3.05, 3.63) is 0 Å². The first-order valence-corrected chi connectivity index (χ1v) is 5.47. The molecule has 1 saturated carbocycles. The molecule has 0 spiro atoms. The van der Waals surface area contributed by atoms with E-state index in [1.165, 1.54) is 0 Å². The first kappa shape index (κ1) is 9.00. The first-order chi connectivity index (χ1) is 5.00. The van der Waals surface area contributed by atoms with Crippen LogP contribution in [-0.2, 0) is 10.1 Å². The van der Waals surface area contributed by atoms with Crippen LogP contribution < -0.4 is 0 Å². The summed E-state index contributed by atoms with van der Waals surface area (Å²) in [5.74, 6) is 0.440. The van der Waals surface area contributed by atoms with E-state index in [1.54, 1.807) is 0 Å². The predicted octanol–water partition coefficient (Wildman–Crippen LogP) is 1.45. The molecular formula is C7H14O3S. The number of rotatable bonds is 1. The van der Waals surface area contributed by atoms with Gasteiger partial charge >= 0.3 is 0 Å². The molecule has 3 nitrogen and oxygen atoms in total. The Balaban J connectivity index is 2.60. The minimum atomic E-state index is -3.76. The molecule has 1 rings (SSSR count). The zero-order valence-electron chi connectivity index (χ0n) is 6.66. The first-order valence-electron chi connectivity index (χ1n) is 3.96. The Kier molecular flexibility index (Phi) is 2.54. The van der Waals surface area contributed by atoms with Crippen LogP contribution in [0.5, 0.6) is 0 Å². The van der Waals surface area contributed by atoms with Crippen molar-refractivity contribution < 1.29 is 13.0 Å². The highest BCUT2D eigenvalue weighted by molar-refractivity contribution is 7.86. The third kappa shape index (κ3) is 2.45. The van der Waals surface area contributed by atoms with E-state index in [-0.39, 0.29) is 0 Å². The molecule has 1 unspecified atom stereocenters. The van der Waals surface area contributed by atoms with Gasteiger partial charge in [0.25, 0.3) is 10.1 Å². The summed E-state index contributed by atoms with van der Waals surface area (Å²) in [5, 5.41) is -0.494. The molecule has 0 aromatic heterocycles. The van der Waals surface area contributed by atoms with Crippen molar-refractivity contribution in [3.8, 4) is 0 Å². The van der Waals surface area contributed by atoms with E-state index in [9.17, 15) is 8.42 Å². The Hall–Kier alpha value is -0.0900. The van der Waals surface area contributed by atoms with Crippen molar-refractivity contribution >= 4 is 10.1 Å². The lowest BCUT2D eigenvalue weighted by Gasteiger charge is -2.23. The summed E-state index contributed by atoms with van der Waals surface area (Å²) < 4.78 is 30.1. The fourth-order valence-electron chi connectivity index (χ4n) is 1.65. The Bertz CT molecular complexity index is 220. The Morgan fingerprint density at radius 2 is 2.00 bits per heavy atom. The van der Waals surface area contributed by atoms with Crippen molar-refractivity contribution in [2.24, 2.45) is 5.92 Å². The second-order valence-electron chi connectivity index (χ2n) is 3.41. The maximum atomic E-state index is 10.7. The van der Waals surface area contributed by atoms with Crippen LogP contribution in [0.4, 0.5) is 0 Å². The Labute approximate surface area is 67.6 Å². The van der Waals surface area contributed by atoms with Gasteiger partial charge in [-0.05, 0) is 18.8 Å². The quantitative estimate of drug-likeness (QED) is 0.618. The van der Waals surface area contributed by atoms with Crippen molar-refractivity contribution in [1.29, 1.82) is 0 Å². The van der Waals surface area contributed by atoms with Gasteiger partial charge in [-0.2, -0.15) is 8.42 Å². The number of hydrogen-bond donors (Lipinski definition) is 1. The second kappa shape index (κ2) is 3.11. The number of hydrogen-bond acceptors (Lipinski definition) is 2. The molecule has 11 heavy (non-hydrogen) atoms. The molecule has 0 bridgehead atoms. The molecule has 0 amide bonds. The molecule has 4 heteroatoms. The molecule has 0 aliphatic heterocycles. The Morgan fingerprint density at radius 3 is 2.36 bits per heavy atom. The topological polar surface area (TPSA) is 54.4 Å². The van der Waals surface area contributed by atoms with Gasteiger partial charge in [-0.1, -0.05) is 19.8 Å². The van der Waals surface area contributed by atoms with Crippen LogP contribution in [0.25, 0.3) is 0 Å². The van der Waals surface area contributed by atoms with E-state index in [2.05, 4.69) is 0 Å². The summed E-state index contributed by atoms with van der Waals surface area (Å²) in [7, 11) is -3.76. The lowest BCUT2D eigenvalue weighted by Crippen LogP contribution is -2.26. The van der Waals surface area contributed by atoms with Gasteiger partial charge in [0, 0.05) is 0 Å². The van der Waals surface area contributed by atoms with Crippen LogP contribution in [-0.4, -0.2) is 18.2 Å². The standard InChI is InChI=1S/C7H14O3S/c1-6-3-2-4-7(5-6)11(8,9)10/h6-7H,2-5H2,1H3,(H,8,9,10)/t6?,7-/m0/s1. The average molecular weight is 178 g/mol. The SMILES string of the molecule is CC1CCC[C@H](S(=O)(=O)O)C1. The fourth-order valence-corrected chi connectivity index (χ4v) is 2.69. The average Bonchev–Trinajstić information content (AvgIpc) is 1.86. The zero-order chi connectivity index (χ0) is 8.48. The highest BCUT2D eigenvalue weighted by Crippen LogP contribution is 2.27. The summed E-state index contributed by atoms with van der Waals surface area (Å²) in [4.78, 5) is 0. The summed E-state index contributed by atoms with van der Waals surface area (Å²) in [6, 6.07) is 0. The monoisotopic (exact) mass is 178 g/mol. The largest absolute Gasteiger partial charge is 0.285 e. The fraction of sp³-hybridized carbons (Fsp3) is 1.00. The molecule has 66 valence electrons. The van der Waals surface area contributed by atoms with Gasteiger partial charge < -0.3 is 0 Å². The van der Waals surface area contributed by atoms with Crippen LogP contribution in [0.15, 0.2) is 0 Å². The van der Waals surface area contributed by atoms with Gasteiger partial charge in [-0.3, -0.25) is 4.55 Å². The second-order valence-corrected chi connectivity index (χ2v) is 5.11. The highest BCUT2D eigenvalue weighted by atomic mass is 32.2. The molecule has 0 aromatic rings. The lowest BCUT2D eigenvalue weighted by atomic mass is 9.91. The molecule has 1 N–H and O–H groups in total. The summed E-state index contributed by atoms with van der Waals surface area (Å²) in [5.41, 5.74) is 0. The van der Waals surface area contributed by atoms with Crippen molar-refractivity contribution in [2.45, 2.75) is 37.9 Å². The van der Waals surface area contributed by atoms with Gasteiger partial charge in [-0.15, -0.1) is 0 Å². The van der Waals surface area contributed by atoms with Crippen LogP contribution in [0.2, 0.25) is 0 Å². The smallest absolute Gasteiger partial charge is 0.267 e. The molecule has 1 fully saturated rings. The third-order valence-corrected chi connectivity index (χ3v) is 3.58. The van der Waals surface area contributed by atoms with Crippen LogP contribution in [0.1, 0.15) is 32.6 Å². The zero-order valence-corrected chi connectivity index (χ0v) is 7.47. The van der Waals surface area contributed by atoms with Crippen molar-refractivity contribution in [1.82, 2.24) is 0 Å². The molecule has 0 saturated heterocycles. The van der Waals surface area contributed by atoms with Crippen LogP contribution >= 0.6 is 0 Å². The predicted molar refractivity (Wildman–Crippen MR) is 43.0 cm³/mol. The lowest BCUT2D eigenvalue weighted by molar-refractivity contribution is 0.361. The minimum absolute atomic E-state index is 0.440. The van der Waals surface area contributed by atoms with Gasteiger partial charge in [0.1, 0.15) is 0 Å². The van der Waals surface area contributed by atoms with E-state index >= 15 is 0 Å². The molecule has 1 aliphatic rings. The maximum Gasteiger partial charge on any atom is 0.267 e. The van der Waals surface area contributed by atoms with Crippen LogP contribution in [0.3, 0.4) is 0 Å². The summed E-state index contributed by atoms with van der Waals surface area (Å²) >= 11 is 0. The van der Waals surface area contributed by atoms with E-state index < -0.39 is 15.4 Å². The van der Waals surface area contributed by atoms with Crippen molar-refractivity contribution in [2.75, 3.05) is 0 Å². The molecule has 0 heterocycles. The Morgan fingerprint density at radius 1 is 1.36 bits per heavy atom. The molecular weight excluding hydrogens is 164 g/mol. The van der Waals surface area contributed by atoms with Crippen molar-refractivity contribution in [3.63, 3.8) is 0 Å². The van der Waals surface area contributed by atoms with E-state index in [1.807, 2.05) is 6.92 Å². The van der Waals surface area contributed by atoms with Gasteiger partial charge in [-0.25, -0.2) is 0 Å². The summed E-state index contributed by atoms with van der Waals surface area (Å²) in [6.07, 6.45) is 3.26. The van der Waals surface area contributed by atoms with Gasteiger partial charge in [0.05, 0.1) is 5.25 Å². The van der Waals surface area contributed by atoms with E-state index in [0.29, 0.717) is 18.8 Å². The minimum Gasteiger partial charge on any atom is -0.285 e. The summed E-state index contributed by atoms with van der Waals surface area (Å²) in [6.45, 7) is 2.03. The van der Waals surface area contributed by atoms with Gasteiger partial charge in [0.15, 0.2) is 0 Å². The normalized spacial score (nSPS) is 33.6. The van der Waals surface area contributed by atoms with E-state index in [0.717, 1.165) is 12.8 Å². The molecule has 0 aromatic carbocycles. The van der Waals surface area contributed by atoms with Gasteiger partial charge in [0.2, 0.25) is 0 Å². The van der Waals surface area contributed by atoms with E-state index in [4.69, 9.17) is 4.55 Å². The maximum absolute atomic E-state index is 10.7. The van der Waals surface area contributed by atoms with Crippen LogP contribution in [0, 0.1) is 5.92 Å². The molecule has 0 radical (unpaired) electrons. The third-order valence-electron chi connectivity index (χ3n) is 2.31.